The van der Waals surface area contributed by atoms with Crippen LogP contribution in [-0.4, -0.2) is 35.0 Å². The average molecular weight is 382 g/mol. The Morgan fingerprint density at radius 3 is 1.76 bits per heavy atom. The second-order valence-corrected chi connectivity index (χ2v) is 14.8. The molecule has 0 aliphatic heterocycles. The Labute approximate surface area is 154 Å². The maximum Gasteiger partial charge on any atom is 0.270 e. The Kier molecular flexibility index (Phi) is 7.15. The first kappa shape index (κ1) is 21.6. The fourth-order valence-electron chi connectivity index (χ4n) is 3.57. The topological polar surface area (TPSA) is 46.6 Å². The van der Waals surface area contributed by atoms with Crippen LogP contribution in [0.1, 0.15) is 41.5 Å². The molecule has 0 saturated carbocycles. The second kappa shape index (κ2) is 8.28. The Balaban J connectivity index is 3.26. The lowest BCUT2D eigenvalue weighted by Crippen LogP contribution is -2.43. The first-order chi connectivity index (χ1) is 11.5. The molecule has 0 bridgehead atoms. The number of sulfonamides is 1. The van der Waals surface area contributed by atoms with Gasteiger partial charge in [0.1, 0.15) is 13.8 Å². The molecular formula is C19H31NO3SSi. The largest absolute Gasteiger partial charge is 0.497 e. The standard InChI is InChI=1S/C19H31NO3SSi/c1-15(2)25(16(3)4,17(5)6)14-13-20(7)24(21,22)19-11-9-18(23-8)10-12-19/h9-12,15-17H,1-8H3. The van der Waals surface area contributed by atoms with E-state index in [1.54, 1.807) is 31.4 Å². The van der Waals surface area contributed by atoms with Gasteiger partial charge in [-0.25, -0.2) is 12.7 Å². The molecule has 6 heteroatoms. The Morgan fingerprint density at radius 2 is 1.40 bits per heavy atom. The van der Waals surface area contributed by atoms with E-state index in [2.05, 4.69) is 53.1 Å². The zero-order valence-electron chi connectivity index (χ0n) is 16.6. The van der Waals surface area contributed by atoms with Crippen molar-refractivity contribution in [1.82, 2.24) is 4.31 Å². The number of rotatable bonds is 6. The zero-order valence-corrected chi connectivity index (χ0v) is 18.4. The van der Waals surface area contributed by atoms with E-state index in [0.29, 0.717) is 22.4 Å². The maximum atomic E-state index is 12.8. The van der Waals surface area contributed by atoms with E-state index in [4.69, 9.17) is 4.74 Å². The number of hydrogen-bond acceptors (Lipinski definition) is 3. The number of methoxy groups -OCH3 is 1. The molecule has 0 aromatic heterocycles. The molecule has 0 fully saturated rings. The SMILES string of the molecule is COc1ccc(S(=O)(=O)N(C)C#C[Si](C(C)C)(C(C)C)C(C)C)cc1. The fraction of sp³-hybridized carbons (Fsp3) is 0.579. The minimum atomic E-state index is -3.64. The summed E-state index contributed by atoms with van der Waals surface area (Å²) in [5, 5.41) is 0. The third kappa shape index (κ3) is 4.39. The normalized spacial score (nSPS) is 12.3. The second-order valence-electron chi connectivity index (χ2n) is 7.28. The van der Waals surface area contributed by atoms with Crippen molar-refractivity contribution in [3.63, 3.8) is 0 Å². The van der Waals surface area contributed by atoms with Crippen molar-refractivity contribution in [2.75, 3.05) is 14.2 Å². The Hall–Kier alpha value is -1.45. The lowest BCUT2D eigenvalue weighted by Gasteiger charge is -2.38. The Morgan fingerprint density at radius 1 is 0.960 bits per heavy atom. The maximum absolute atomic E-state index is 12.8. The molecule has 0 aliphatic rings. The summed E-state index contributed by atoms with van der Waals surface area (Å²) in [5.74, 6) is 0.624. The minimum absolute atomic E-state index is 0.219. The van der Waals surface area contributed by atoms with Crippen LogP contribution in [0.3, 0.4) is 0 Å². The number of benzene rings is 1. The van der Waals surface area contributed by atoms with Crippen LogP contribution in [0.15, 0.2) is 29.2 Å². The van der Waals surface area contributed by atoms with Gasteiger partial charge in [0.2, 0.25) is 0 Å². The van der Waals surface area contributed by atoms with Crippen LogP contribution in [0.2, 0.25) is 16.6 Å². The van der Waals surface area contributed by atoms with Gasteiger partial charge in [0.15, 0.2) is 0 Å². The molecule has 0 amide bonds. The molecule has 0 unspecified atom stereocenters. The van der Waals surface area contributed by atoms with Crippen molar-refractivity contribution in [3.05, 3.63) is 24.3 Å². The average Bonchev–Trinajstić information content (AvgIpc) is 2.54. The zero-order chi connectivity index (χ0) is 19.4. The lowest BCUT2D eigenvalue weighted by atomic mass is 10.3. The summed E-state index contributed by atoms with van der Waals surface area (Å²) < 4.78 is 31.8. The van der Waals surface area contributed by atoms with Crippen LogP contribution in [0.4, 0.5) is 0 Å². The van der Waals surface area contributed by atoms with Crippen LogP contribution in [0.5, 0.6) is 5.75 Å². The summed E-state index contributed by atoms with van der Waals surface area (Å²) in [6.45, 7) is 13.2. The quantitative estimate of drug-likeness (QED) is 0.414. The van der Waals surface area contributed by atoms with Crippen LogP contribution in [0.25, 0.3) is 0 Å². The van der Waals surface area contributed by atoms with E-state index in [0.717, 1.165) is 4.31 Å². The number of hydrogen-bond donors (Lipinski definition) is 0. The van der Waals surface area contributed by atoms with E-state index in [1.165, 1.54) is 7.05 Å². The smallest absolute Gasteiger partial charge is 0.270 e. The molecule has 0 heterocycles. The van der Waals surface area contributed by atoms with Crippen LogP contribution < -0.4 is 4.74 Å². The van der Waals surface area contributed by atoms with Crippen LogP contribution in [0, 0.1) is 11.6 Å². The predicted octanol–water partition coefficient (Wildman–Crippen LogP) is 4.49. The van der Waals surface area contributed by atoms with Crippen molar-refractivity contribution in [2.45, 2.75) is 63.1 Å². The van der Waals surface area contributed by atoms with Crippen molar-refractivity contribution in [2.24, 2.45) is 0 Å². The highest BCUT2D eigenvalue weighted by atomic mass is 32.2. The minimum Gasteiger partial charge on any atom is -0.497 e. The highest BCUT2D eigenvalue weighted by Gasteiger charge is 2.42. The van der Waals surface area contributed by atoms with E-state index in [9.17, 15) is 8.42 Å². The van der Waals surface area contributed by atoms with Gasteiger partial charge in [0.25, 0.3) is 10.0 Å². The summed E-state index contributed by atoms with van der Waals surface area (Å²) in [6.07, 6.45) is 0. The van der Waals surface area contributed by atoms with E-state index < -0.39 is 18.1 Å². The summed E-state index contributed by atoms with van der Waals surface area (Å²) in [7, 11) is -2.54. The molecule has 0 saturated heterocycles. The fourth-order valence-corrected chi connectivity index (χ4v) is 9.84. The molecular weight excluding hydrogens is 350 g/mol. The highest BCUT2D eigenvalue weighted by Crippen LogP contribution is 2.40. The van der Waals surface area contributed by atoms with Crippen molar-refractivity contribution in [1.29, 1.82) is 0 Å². The first-order valence-corrected chi connectivity index (χ1v) is 12.3. The van der Waals surface area contributed by atoms with Crippen LogP contribution in [-0.2, 0) is 10.0 Å². The molecule has 0 aliphatic carbocycles. The monoisotopic (exact) mass is 381 g/mol. The van der Waals surface area contributed by atoms with Gasteiger partial charge in [-0.3, -0.25) is 0 Å². The van der Waals surface area contributed by atoms with Gasteiger partial charge in [-0.1, -0.05) is 41.5 Å². The van der Waals surface area contributed by atoms with Gasteiger partial charge >= 0.3 is 0 Å². The van der Waals surface area contributed by atoms with Crippen molar-refractivity contribution >= 4 is 18.1 Å². The van der Waals surface area contributed by atoms with Gasteiger partial charge in [0.05, 0.1) is 12.0 Å². The number of nitrogens with zero attached hydrogens (tertiary/aromatic N) is 1. The van der Waals surface area contributed by atoms with E-state index >= 15 is 0 Å². The van der Waals surface area contributed by atoms with Crippen molar-refractivity contribution < 1.29 is 13.2 Å². The summed E-state index contributed by atoms with van der Waals surface area (Å²) >= 11 is 0. The molecule has 140 valence electrons. The van der Waals surface area contributed by atoms with E-state index in [-0.39, 0.29) is 4.90 Å². The predicted molar refractivity (Wildman–Crippen MR) is 107 cm³/mol. The molecule has 1 aromatic carbocycles. The van der Waals surface area contributed by atoms with Crippen molar-refractivity contribution in [3.8, 4) is 17.3 Å². The van der Waals surface area contributed by atoms with Gasteiger partial charge in [-0.15, -0.1) is 5.54 Å². The molecule has 0 spiro atoms. The molecule has 0 radical (unpaired) electrons. The number of ether oxygens (including phenoxy) is 1. The van der Waals surface area contributed by atoms with E-state index in [1.807, 2.05) is 0 Å². The lowest BCUT2D eigenvalue weighted by molar-refractivity contribution is 0.414. The molecule has 1 rings (SSSR count). The van der Waals surface area contributed by atoms with Gasteiger partial charge in [-0.05, 0) is 40.9 Å². The molecule has 1 aromatic rings. The van der Waals surface area contributed by atoms with Crippen LogP contribution >= 0.6 is 0 Å². The Bertz CT molecular complexity index is 706. The summed E-state index contributed by atoms with van der Waals surface area (Å²) in [4.78, 5) is 0.219. The van der Waals surface area contributed by atoms with Gasteiger partial charge in [-0.2, -0.15) is 0 Å². The summed E-state index contributed by atoms with van der Waals surface area (Å²) in [5.41, 5.74) is 4.81. The third-order valence-electron chi connectivity index (χ3n) is 5.01. The summed E-state index contributed by atoms with van der Waals surface area (Å²) in [6, 6.07) is 9.34. The molecule has 25 heavy (non-hydrogen) atoms. The molecule has 4 nitrogen and oxygen atoms in total. The molecule has 0 N–H and O–H groups in total. The first-order valence-electron chi connectivity index (χ1n) is 8.65. The third-order valence-corrected chi connectivity index (χ3v) is 13.0. The molecule has 0 atom stereocenters. The van der Waals surface area contributed by atoms with Gasteiger partial charge in [0, 0.05) is 13.1 Å². The highest BCUT2D eigenvalue weighted by molar-refractivity contribution is 7.89. The van der Waals surface area contributed by atoms with Gasteiger partial charge < -0.3 is 4.74 Å².